The molecule has 0 N–H and O–H groups in total. The van der Waals surface area contributed by atoms with Crippen LogP contribution in [-0.4, -0.2) is 28.5 Å². The second-order valence-corrected chi connectivity index (χ2v) is 7.48. The lowest BCUT2D eigenvalue weighted by atomic mass is 10.1. The van der Waals surface area contributed by atoms with Crippen molar-refractivity contribution in [2.24, 2.45) is 0 Å². The van der Waals surface area contributed by atoms with E-state index < -0.39 is 5.97 Å². The molecule has 3 aromatic heterocycles. The number of carbonyl (C=O) groups excluding carboxylic acids is 2. The molecular formula is C22H18N2O4S. The Morgan fingerprint density at radius 1 is 1.17 bits per heavy atom. The van der Waals surface area contributed by atoms with Crippen LogP contribution >= 0.6 is 11.3 Å². The monoisotopic (exact) mass is 406 g/mol. The number of carbonyl (C=O) groups is 2. The van der Waals surface area contributed by atoms with Crippen LogP contribution in [0.25, 0.3) is 21.7 Å². The molecule has 0 atom stereocenters. The van der Waals surface area contributed by atoms with Crippen molar-refractivity contribution in [2.75, 3.05) is 6.61 Å². The highest BCUT2D eigenvalue weighted by Gasteiger charge is 2.21. The number of aromatic nitrogens is 2. The third-order valence-electron chi connectivity index (χ3n) is 4.63. The molecule has 0 spiro atoms. The number of aryl methyl sites for hydroxylation is 2. The average Bonchev–Trinajstić information content (AvgIpc) is 3.41. The van der Waals surface area contributed by atoms with Crippen molar-refractivity contribution in [3.8, 4) is 10.6 Å². The number of fused-ring (bicyclic) bond motifs is 1. The van der Waals surface area contributed by atoms with Crippen molar-refractivity contribution < 1.29 is 18.8 Å². The minimum absolute atomic E-state index is 0.258. The first-order valence-electron chi connectivity index (χ1n) is 9.17. The predicted octanol–water partition coefficient (Wildman–Crippen LogP) is 4.86. The number of pyridine rings is 1. The van der Waals surface area contributed by atoms with Crippen molar-refractivity contribution in [3.05, 3.63) is 70.2 Å². The largest absolute Gasteiger partial charge is 0.454 e. The van der Waals surface area contributed by atoms with E-state index in [9.17, 15) is 9.59 Å². The molecular weight excluding hydrogens is 388 g/mol. The van der Waals surface area contributed by atoms with Gasteiger partial charge in [-0.2, -0.15) is 0 Å². The van der Waals surface area contributed by atoms with Gasteiger partial charge < -0.3 is 9.26 Å². The molecule has 3 heterocycles. The van der Waals surface area contributed by atoms with Crippen molar-refractivity contribution in [1.82, 2.24) is 10.1 Å². The first-order chi connectivity index (χ1) is 14.1. The number of hydrogen-bond donors (Lipinski definition) is 0. The molecule has 0 amide bonds. The van der Waals surface area contributed by atoms with E-state index in [2.05, 4.69) is 10.1 Å². The fourth-order valence-electron chi connectivity index (χ4n) is 3.02. The van der Waals surface area contributed by atoms with Crippen molar-refractivity contribution in [1.29, 1.82) is 0 Å². The van der Waals surface area contributed by atoms with Gasteiger partial charge in [0.15, 0.2) is 12.4 Å². The maximum atomic E-state index is 12.8. The van der Waals surface area contributed by atoms with E-state index in [4.69, 9.17) is 9.26 Å². The number of thiophene rings is 1. The standard InChI is InChI=1S/C22H18N2O4S/c1-3-14-6-8-15(9-7-14)18(25)12-27-22(26)16-11-17(19-5-4-10-29-19)23-21-20(16)13(2)24-28-21/h4-11H,3,12H2,1-2H3. The quantitative estimate of drug-likeness (QED) is 0.336. The summed E-state index contributed by atoms with van der Waals surface area (Å²) < 4.78 is 10.6. The van der Waals surface area contributed by atoms with Gasteiger partial charge in [0, 0.05) is 5.56 Å². The first-order valence-corrected chi connectivity index (χ1v) is 10.0. The van der Waals surface area contributed by atoms with E-state index in [-0.39, 0.29) is 23.7 Å². The van der Waals surface area contributed by atoms with Crippen molar-refractivity contribution in [3.63, 3.8) is 0 Å². The molecule has 4 aromatic rings. The summed E-state index contributed by atoms with van der Waals surface area (Å²) >= 11 is 1.50. The highest BCUT2D eigenvalue weighted by Crippen LogP contribution is 2.29. The number of hydrogen-bond acceptors (Lipinski definition) is 7. The Hall–Kier alpha value is -3.32. The molecule has 29 heavy (non-hydrogen) atoms. The Kier molecular flexibility index (Phi) is 5.22. The molecule has 0 radical (unpaired) electrons. The van der Waals surface area contributed by atoms with Crippen LogP contribution in [0.2, 0.25) is 0 Å². The smallest absolute Gasteiger partial charge is 0.339 e. The highest BCUT2D eigenvalue weighted by molar-refractivity contribution is 7.13. The second-order valence-electron chi connectivity index (χ2n) is 6.53. The van der Waals surface area contributed by atoms with Gasteiger partial charge in [-0.3, -0.25) is 4.79 Å². The Bertz CT molecular complexity index is 1180. The maximum Gasteiger partial charge on any atom is 0.339 e. The maximum absolute atomic E-state index is 12.8. The van der Waals surface area contributed by atoms with Crippen molar-refractivity contribution in [2.45, 2.75) is 20.3 Å². The first kappa shape index (κ1) is 19.0. The zero-order valence-corrected chi connectivity index (χ0v) is 16.8. The topological polar surface area (TPSA) is 82.3 Å². The predicted molar refractivity (Wildman–Crippen MR) is 110 cm³/mol. The molecule has 0 saturated carbocycles. The van der Waals surface area contributed by atoms with Crippen LogP contribution in [0.5, 0.6) is 0 Å². The van der Waals surface area contributed by atoms with E-state index in [0.29, 0.717) is 22.3 Å². The van der Waals surface area contributed by atoms with Gasteiger partial charge in [0.2, 0.25) is 0 Å². The van der Waals surface area contributed by atoms with Gasteiger partial charge in [-0.15, -0.1) is 11.3 Å². The lowest BCUT2D eigenvalue weighted by Crippen LogP contribution is -2.15. The zero-order valence-electron chi connectivity index (χ0n) is 16.0. The number of ketones is 1. The Morgan fingerprint density at radius 2 is 1.97 bits per heavy atom. The minimum atomic E-state index is -0.611. The van der Waals surface area contributed by atoms with E-state index in [1.807, 2.05) is 36.6 Å². The lowest BCUT2D eigenvalue weighted by Gasteiger charge is -2.07. The van der Waals surface area contributed by atoms with Crippen LogP contribution < -0.4 is 0 Å². The Labute approximate surface area is 171 Å². The van der Waals surface area contributed by atoms with E-state index >= 15 is 0 Å². The minimum Gasteiger partial charge on any atom is -0.454 e. The van der Waals surface area contributed by atoms with Crippen LogP contribution in [0.15, 0.2) is 52.4 Å². The van der Waals surface area contributed by atoms with Crippen LogP contribution in [0.1, 0.15) is 38.9 Å². The summed E-state index contributed by atoms with van der Waals surface area (Å²) in [5.41, 5.74) is 3.33. The molecule has 0 bridgehead atoms. The molecule has 4 rings (SSSR count). The molecule has 0 aliphatic rings. The van der Waals surface area contributed by atoms with E-state index in [0.717, 1.165) is 16.9 Å². The van der Waals surface area contributed by atoms with Crippen molar-refractivity contribution >= 4 is 34.2 Å². The lowest BCUT2D eigenvalue weighted by molar-refractivity contribution is 0.0476. The summed E-state index contributed by atoms with van der Waals surface area (Å²) in [5, 5.41) is 6.33. The van der Waals surface area contributed by atoms with Gasteiger partial charge in [0.05, 0.1) is 27.2 Å². The number of nitrogens with zero attached hydrogens (tertiary/aromatic N) is 2. The molecule has 146 valence electrons. The number of benzene rings is 1. The Balaban J connectivity index is 1.59. The highest BCUT2D eigenvalue weighted by atomic mass is 32.1. The van der Waals surface area contributed by atoms with Gasteiger partial charge in [-0.25, -0.2) is 9.78 Å². The molecule has 0 aliphatic heterocycles. The average molecular weight is 406 g/mol. The molecule has 6 nitrogen and oxygen atoms in total. The SMILES string of the molecule is CCc1ccc(C(=O)COC(=O)c2cc(-c3cccs3)nc3onc(C)c23)cc1. The summed E-state index contributed by atoms with van der Waals surface area (Å²) in [4.78, 5) is 30.5. The normalized spacial score (nSPS) is 11.0. The summed E-state index contributed by atoms with van der Waals surface area (Å²) in [6.07, 6.45) is 0.895. The fourth-order valence-corrected chi connectivity index (χ4v) is 3.71. The summed E-state index contributed by atoms with van der Waals surface area (Å²) in [7, 11) is 0. The van der Waals surface area contributed by atoms with Gasteiger partial charge >= 0.3 is 5.97 Å². The number of rotatable bonds is 6. The molecule has 0 fully saturated rings. The van der Waals surface area contributed by atoms with Gasteiger partial charge in [0.1, 0.15) is 0 Å². The zero-order chi connectivity index (χ0) is 20.4. The Morgan fingerprint density at radius 3 is 2.66 bits per heavy atom. The van der Waals surface area contributed by atoms with E-state index in [1.54, 1.807) is 25.1 Å². The van der Waals surface area contributed by atoms with Gasteiger partial charge in [-0.1, -0.05) is 42.4 Å². The molecule has 1 aromatic carbocycles. The number of esters is 1. The molecule has 0 saturated heterocycles. The van der Waals surface area contributed by atoms with Crippen LogP contribution in [0, 0.1) is 6.92 Å². The third-order valence-corrected chi connectivity index (χ3v) is 5.52. The fraction of sp³-hybridized carbons (Fsp3) is 0.182. The third kappa shape index (κ3) is 3.82. The second kappa shape index (κ2) is 7.97. The van der Waals surface area contributed by atoms with Crippen LogP contribution in [0.4, 0.5) is 0 Å². The number of ether oxygens (including phenoxy) is 1. The summed E-state index contributed by atoms with van der Waals surface area (Å²) in [5.74, 6) is -0.869. The summed E-state index contributed by atoms with van der Waals surface area (Å²) in [6.45, 7) is 3.44. The molecule has 0 aliphatic carbocycles. The molecule has 0 unspecified atom stereocenters. The molecule has 7 heteroatoms. The van der Waals surface area contributed by atoms with Gasteiger partial charge in [-0.05, 0) is 36.4 Å². The van der Waals surface area contributed by atoms with Gasteiger partial charge in [0.25, 0.3) is 5.71 Å². The summed E-state index contributed by atoms with van der Waals surface area (Å²) in [6, 6.07) is 12.8. The number of Topliss-reactive ketones (excluding diaryl/α,β-unsaturated/α-hetero) is 1. The van der Waals surface area contributed by atoms with Crippen LogP contribution in [0.3, 0.4) is 0 Å². The van der Waals surface area contributed by atoms with Crippen LogP contribution in [-0.2, 0) is 11.2 Å². The van der Waals surface area contributed by atoms with E-state index in [1.165, 1.54) is 11.3 Å².